The van der Waals surface area contributed by atoms with Crippen LogP contribution in [-0.2, 0) is 32.8 Å². The Morgan fingerprint density at radius 3 is 2.82 bits per heavy atom. The number of hydrogen-bond donors (Lipinski definition) is 1. The van der Waals surface area contributed by atoms with Gasteiger partial charge in [-0.15, -0.1) is 0 Å². The first kappa shape index (κ1) is 27.4. The number of hydrazone groups is 1. The molecule has 1 N–H and O–H groups in total. The summed E-state index contributed by atoms with van der Waals surface area (Å²) in [5.41, 5.74) is 6.18. The molecule has 6 heterocycles. The van der Waals surface area contributed by atoms with E-state index in [9.17, 15) is 14.4 Å². The van der Waals surface area contributed by atoms with E-state index >= 15 is 0 Å². The van der Waals surface area contributed by atoms with Crippen LogP contribution in [-0.4, -0.2) is 83.6 Å². The van der Waals surface area contributed by atoms with E-state index in [0.29, 0.717) is 31.1 Å². The Kier molecular flexibility index (Phi) is 6.71. The molecule has 0 bridgehead atoms. The van der Waals surface area contributed by atoms with E-state index in [4.69, 9.17) is 9.47 Å². The molecule has 3 saturated heterocycles. The number of imide groups is 1. The van der Waals surface area contributed by atoms with Crippen LogP contribution < -0.4 is 10.1 Å². The quantitative estimate of drug-likeness (QED) is 0.422. The number of likely N-dealkylation sites (tertiary alicyclic amines) is 1. The van der Waals surface area contributed by atoms with Crippen LogP contribution in [0.25, 0.3) is 5.57 Å². The highest BCUT2D eigenvalue weighted by Crippen LogP contribution is 2.49. The second-order valence-electron chi connectivity index (χ2n) is 12.9. The van der Waals surface area contributed by atoms with Gasteiger partial charge in [0.2, 0.25) is 18.0 Å². The number of piperidine rings is 2. The molecule has 0 aliphatic carbocycles. The van der Waals surface area contributed by atoms with Crippen molar-refractivity contribution in [2.24, 2.45) is 11.0 Å². The number of fused-ring (bicyclic) bond motifs is 4. The van der Waals surface area contributed by atoms with Gasteiger partial charge in [0.05, 0.1) is 31.2 Å². The monoisotopic (exact) mass is 594 g/mol. The Balaban J connectivity index is 0.933. The molecule has 0 saturated carbocycles. The average molecular weight is 595 g/mol. The van der Waals surface area contributed by atoms with E-state index in [1.54, 1.807) is 4.90 Å². The number of nitrogens with zero attached hydrogens (tertiary/aromatic N) is 4. The number of carbonyl (C=O) groups is 3. The molecule has 3 amide bonds. The maximum atomic E-state index is 13.3. The van der Waals surface area contributed by atoms with Gasteiger partial charge in [0.1, 0.15) is 18.0 Å². The van der Waals surface area contributed by atoms with Crippen molar-refractivity contribution in [1.82, 2.24) is 15.1 Å². The van der Waals surface area contributed by atoms with E-state index in [-0.39, 0.29) is 23.7 Å². The third-order valence-corrected chi connectivity index (χ3v) is 10.1. The topological polar surface area (TPSA) is 104 Å². The molecule has 44 heavy (non-hydrogen) atoms. The predicted octanol–water partition coefficient (Wildman–Crippen LogP) is 2.83. The van der Waals surface area contributed by atoms with Crippen LogP contribution in [0.2, 0.25) is 0 Å². The SMILES string of the molecule is O=C1CC[C@H](N2Cc3c(ccc4c3OCC43CCN(Cc4cccc(C5=C/[N+](=C\C6CCOC6)N=C5)c4)CC3)C2=O)C(=O)N1. The third-order valence-electron chi connectivity index (χ3n) is 10.1. The lowest BCUT2D eigenvalue weighted by Crippen LogP contribution is -2.52. The van der Waals surface area contributed by atoms with E-state index in [2.05, 4.69) is 58.1 Å². The van der Waals surface area contributed by atoms with E-state index in [0.717, 1.165) is 69.0 Å². The molecule has 2 aromatic carbocycles. The van der Waals surface area contributed by atoms with Gasteiger partial charge in [0.15, 0.2) is 6.21 Å². The fourth-order valence-corrected chi connectivity index (χ4v) is 7.60. The van der Waals surface area contributed by atoms with Crippen LogP contribution in [0.1, 0.15) is 64.7 Å². The first-order valence-corrected chi connectivity index (χ1v) is 15.7. The molecule has 226 valence electrons. The zero-order valence-corrected chi connectivity index (χ0v) is 24.7. The Labute approximate surface area is 256 Å². The molecule has 10 nitrogen and oxygen atoms in total. The van der Waals surface area contributed by atoms with E-state index in [1.807, 2.05) is 17.0 Å². The fourth-order valence-electron chi connectivity index (χ4n) is 7.60. The third kappa shape index (κ3) is 4.77. The number of ether oxygens (including phenoxy) is 2. The number of nitrogens with one attached hydrogen (secondary N) is 1. The Hall–Kier alpha value is -4.15. The Bertz CT molecular complexity index is 1650. The zero-order valence-electron chi connectivity index (χ0n) is 24.7. The molecule has 10 heteroatoms. The van der Waals surface area contributed by atoms with Gasteiger partial charge in [-0.2, -0.15) is 0 Å². The number of amides is 3. The van der Waals surface area contributed by atoms with Crippen LogP contribution in [0.5, 0.6) is 5.75 Å². The zero-order chi connectivity index (χ0) is 29.8. The van der Waals surface area contributed by atoms with Gasteiger partial charge in [-0.05, 0) is 67.1 Å². The fraction of sp³-hybridized carbons (Fsp3) is 0.441. The number of carbonyl (C=O) groups excluding carboxylic acids is 3. The van der Waals surface area contributed by atoms with Crippen molar-refractivity contribution in [3.63, 3.8) is 0 Å². The van der Waals surface area contributed by atoms with Crippen LogP contribution in [0.4, 0.5) is 0 Å². The van der Waals surface area contributed by atoms with Crippen LogP contribution in [0.15, 0.2) is 47.7 Å². The minimum atomic E-state index is -0.623. The molecule has 0 aromatic heterocycles. The van der Waals surface area contributed by atoms with E-state index < -0.39 is 11.9 Å². The Morgan fingerprint density at radius 2 is 2.00 bits per heavy atom. The summed E-state index contributed by atoms with van der Waals surface area (Å²) in [5, 5.41) is 6.93. The van der Waals surface area contributed by atoms with Crippen molar-refractivity contribution in [1.29, 1.82) is 0 Å². The number of benzene rings is 2. The predicted molar refractivity (Wildman–Crippen MR) is 162 cm³/mol. The molecule has 6 aliphatic heterocycles. The van der Waals surface area contributed by atoms with Gasteiger partial charge in [-0.3, -0.25) is 24.6 Å². The highest BCUT2D eigenvalue weighted by Gasteiger charge is 2.47. The normalized spacial score (nSPS) is 26.7. The average Bonchev–Trinajstić information content (AvgIpc) is 3.83. The molecule has 1 unspecified atom stereocenters. The summed E-state index contributed by atoms with van der Waals surface area (Å²) in [4.78, 5) is 41.5. The first-order valence-electron chi connectivity index (χ1n) is 15.7. The van der Waals surface area contributed by atoms with E-state index in [1.165, 1.54) is 16.7 Å². The largest absolute Gasteiger partial charge is 0.492 e. The highest BCUT2D eigenvalue weighted by atomic mass is 16.5. The van der Waals surface area contributed by atoms with Gasteiger partial charge in [0.25, 0.3) is 5.91 Å². The standard InChI is InChI=1S/C34H35N5O5/c40-30-7-6-29(32(41)36-30)39-19-27-26(33(39)42)4-5-28-31(27)44-21-34(28)9-11-37(12-10-34)16-22-2-1-3-24(14-22)25-15-35-38(18-25)17-23-8-13-43-20-23/h1-5,14-15,17-18,23,29H,6-13,16,19-21H2/p+1/b38-17+/t23?,29-/m0/s1. The van der Waals surface area contributed by atoms with Crippen LogP contribution >= 0.6 is 0 Å². The summed E-state index contributed by atoms with van der Waals surface area (Å²) >= 11 is 0. The van der Waals surface area contributed by atoms with Crippen LogP contribution in [0.3, 0.4) is 0 Å². The Morgan fingerprint density at radius 1 is 1.11 bits per heavy atom. The lowest BCUT2D eigenvalue weighted by atomic mass is 9.74. The minimum Gasteiger partial charge on any atom is -0.492 e. The molecular weight excluding hydrogens is 558 g/mol. The van der Waals surface area contributed by atoms with Crippen LogP contribution in [0, 0.1) is 5.92 Å². The summed E-state index contributed by atoms with van der Waals surface area (Å²) in [7, 11) is 0. The smallest absolute Gasteiger partial charge is 0.255 e. The van der Waals surface area contributed by atoms with Gasteiger partial charge >= 0.3 is 0 Å². The maximum Gasteiger partial charge on any atom is 0.255 e. The molecule has 2 aromatic rings. The minimum absolute atomic E-state index is 0.0662. The molecule has 3 fully saturated rings. The molecule has 2 atom stereocenters. The summed E-state index contributed by atoms with van der Waals surface area (Å²) < 4.78 is 13.8. The number of hydrogen-bond acceptors (Lipinski definition) is 7. The summed E-state index contributed by atoms with van der Waals surface area (Å²) in [6, 6.07) is 12.1. The molecule has 8 rings (SSSR count). The summed E-state index contributed by atoms with van der Waals surface area (Å²) in [6.07, 6.45) is 9.78. The maximum absolute atomic E-state index is 13.3. The number of rotatable bonds is 5. The second kappa shape index (κ2) is 10.8. The van der Waals surface area contributed by atoms with Gasteiger partial charge < -0.3 is 14.4 Å². The summed E-state index contributed by atoms with van der Waals surface area (Å²) in [6.45, 7) is 5.35. The van der Waals surface area contributed by atoms with Crippen molar-refractivity contribution in [3.05, 3.63) is 70.4 Å². The molecular formula is C34H36N5O5+. The molecule has 6 aliphatic rings. The van der Waals surface area contributed by atoms with Crippen molar-refractivity contribution in [3.8, 4) is 5.75 Å². The summed E-state index contributed by atoms with van der Waals surface area (Å²) in [5.74, 6) is 0.415. The highest BCUT2D eigenvalue weighted by molar-refractivity contribution is 6.10. The van der Waals surface area contributed by atoms with Gasteiger partial charge in [-0.1, -0.05) is 28.9 Å². The van der Waals surface area contributed by atoms with Crippen molar-refractivity contribution in [2.45, 2.75) is 56.7 Å². The molecule has 1 spiro atoms. The van der Waals surface area contributed by atoms with Crippen molar-refractivity contribution in [2.75, 3.05) is 32.9 Å². The van der Waals surface area contributed by atoms with Crippen molar-refractivity contribution >= 4 is 35.7 Å². The lowest BCUT2D eigenvalue weighted by Gasteiger charge is -2.38. The second-order valence-corrected chi connectivity index (χ2v) is 12.9. The molecule has 0 radical (unpaired) electrons. The first-order chi connectivity index (χ1) is 21.5. The number of allylic oxidation sites excluding steroid dienone is 1. The lowest BCUT2D eigenvalue weighted by molar-refractivity contribution is -0.454. The van der Waals surface area contributed by atoms with Gasteiger partial charge in [-0.25, -0.2) is 0 Å². The van der Waals surface area contributed by atoms with Gasteiger partial charge in [0, 0.05) is 41.7 Å². The van der Waals surface area contributed by atoms with Crippen molar-refractivity contribution < 1.29 is 28.5 Å².